The Morgan fingerprint density at radius 1 is 1.45 bits per heavy atom. The molecule has 110 valence electrons. The summed E-state index contributed by atoms with van der Waals surface area (Å²) < 4.78 is 11.9. The largest absolute Gasteiger partial charge is 0.378 e. The fraction of sp³-hybridized carbons (Fsp3) is 0.800. The number of rotatable bonds is 1. The van der Waals surface area contributed by atoms with Gasteiger partial charge in [0.05, 0.1) is 43.7 Å². The van der Waals surface area contributed by atoms with Crippen LogP contribution in [0, 0.1) is 5.92 Å². The van der Waals surface area contributed by atoms with Crippen LogP contribution in [-0.2, 0) is 9.47 Å². The molecule has 0 aromatic rings. The van der Waals surface area contributed by atoms with E-state index in [-0.39, 0.29) is 17.7 Å². The lowest BCUT2D eigenvalue weighted by atomic mass is 9.72. The highest BCUT2D eigenvalue weighted by atomic mass is 16.5. The van der Waals surface area contributed by atoms with Gasteiger partial charge < -0.3 is 14.8 Å². The Kier molecular flexibility index (Phi) is 3.09. The van der Waals surface area contributed by atoms with Crippen molar-refractivity contribution >= 4 is 5.71 Å². The molecule has 3 heterocycles. The molecule has 1 N–H and O–H groups in total. The van der Waals surface area contributed by atoms with Crippen LogP contribution in [0.5, 0.6) is 0 Å². The van der Waals surface area contributed by atoms with E-state index in [1.54, 1.807) is 0 Å². The number of nitrogens with one attached hydrogen (secondary N) is 1. The number of ether oxygens (including phenoxy) is 2. The van der Waals surface area contributed by atoms with Crippen LogP contribution in [0.1, 0.15) is 19.8 Å². The van der Waals surface area contributed by atoms with Crippen LogP contribution in [0.3, 0.4) is 0 Å². The molecule has 0 radical (unpaired) electrons. The van der Waals surface area contributed by atoms with Gasteiger partial charge in [0.1, 0.15) is 6.10 Å². The average Bonchev–Trinajstić information content (AvgIpc) is 2.81. The molecular weight excluding hydrogens is 254 g/mol. The first kappa shape index (κ1) is 12.8. The second-order valence-electron chi connectivity index (χ2n) is 6.33. The summed E-state index contributed by atoms with van der Waals surface area (Å²) in [6, 6.07) is 0.275. The monoisotopic (exact) mass is 277 g/mol. The van der Waals surface area contributed by atoms with E-state index in [1.165, 1.54) is 12.1 Å². The molecular formula is C15H23N3O2. The summed E-state index contributed by atoms with van der Waals surface area (Å²) in [4.78, 5) is 0. The van der Waals surface area contributed by atoms with Crippen molar-refractivity contribution in [2.24, 2.45) is 11.0 Å². The van der Waals surface area contributed by atoms with Crippen molar-refractivity contribution in [3.8, 4) is 0 Å². The smallest absolute Gasteiger partial charge is 0.100 e. The zero-order chi connectivity index (χ0) is 13.6. The van der Waals surface area contributed by atoms with Crippen LogP contribution in [0.15, 0.2) is 17.3 Å². The standard InChI is InChI=1S/C15H23N3O2/c1-15-11-4-2-3-5-12(11)17-18(15)7-9-20-14(15)13-10-19-8-6-16-13/h3,5,11,13-14,16H,2,4,6-10H2,1H3/t11?,13-,14-,15?/m0/s1. The predicted molar refractivity (Wildman–Crippen MR) is 76.8 cm³/mol. The van der Waals surface area contributed by atoms with Gasteiger partial charge in [-0.15, -0.1) is 0 Å². The minimum atomic E-state index is -0.0310. The molecule has 0 spiro atoms. The fourth-order valence-electron chi connectivity index (χ4n) is 4.23. The molecule has 5 nitrogen and oxygen atoms in total. The van der Waals surface area contributed by atoms with E-state index in [1.807, 2.05) is 0 Å². The molecule has 0 aromatic carbocycles. The van der Waals surface area contributed by atoms with E-state index < -0.39 is 0 Å². The third-order valence-corrected chi connectivity index (χ3v) is 5.26. The lowest BCUT2D eigenvalue weighted by Crippen LogP contribution is -2.67. The van der Waals surface area contributed by atoms with E-state index >= 15 is 0 Å². The second-order valence-corrected chi connectivity index (χ2v) is 6.33. The first-order valence-electron chi connectivity index (χ1n) is 7.75. The molecule has 0 aromatic heterocycles. The molecule has 2 saturated heterocycles. The highest BCUT2D eigenvalue weighted by molar-refractivity contribution is 5.99. The molecule has 1 aliphatic carbocycles. The highest BCUT2D eigenvalue weighted by Crippen LogP contribution is 2.44. The number of hydrazone groups is 1. The minimum Gasteiger partial charge on any atom is -0.378 e. The number of hydrogen-bond donors (Lipinski definition) is 1. The number of allylic oxidation sites excluding steroid dienone is 2. The van der Waals surface area contributed by atoms with Gasteiger partial charge >= 0.3 is 0 Å². The summed E-state index contributed by atoms with van der Waals surface area (Å²) in [5.74, 6) is 0.488. The third kappa shape index (κ3) is 1.76. The van der Waals surface area contributed by atoms with Crippen molar-refractivity contribution in [2.45, 2.75) is 37.5 Å². The van der Waals surface area contributed by atoms with Gasteiger partial charge in [0, 0.05) is 12.5 Å². The summed E-state index contributed by atoms with van der Waals surface area (Å²) in [6.07, 6.45) is 6.92. The van der Waals surface area contributed by atoms with Crippen molar-refractivity contribution in [1.82, 2.24) is 10.3 Å². The van der Waals surface area contributed by atoms with Gasteiger partial charge in [0.2, 0.25) is 0 Å². The van der Waals surface area contributed by atoms with Crippen LogP contribution < -0.4 is 5.32 Å². The van der Waals surface area contributed by atoms with Crippen molar-refractivity contribution in [1.29, 1.82) is 0 Å². The molecule has 5 heteroatoms. The summed E-state index contributed by atoms with van der Waals surface area (Å²) in [7, 11) is 0. The Hall–Kier alpha value is -0.910. The Morgan fingerprint density at radius 2 is 2.40 bits per heavy atom. The Bertz CT molecular complexity index is 444. The molecule has 2 unspecified atom stereocenters. The Balaban J connectivity index is 1.65. The summed E-state index contributed by atoms with van der Waals surface area (Å²) >= 11 is 0. The number of fused-ring (bicyclic) bond motifs is 3. The number of hydrogen-bond acceptors (Lipinski definition) is 5. The minimum absolute atomic E-state index is 0.0310. The Labute approximate surface area is 120 Å². The zero-order valence-electron chi connectivity index (χ0n) is 12.0. The molecule has 20 heavy (non-hydrogen) atoms. The maximum atomic E-state index is 6.20. The molecule has 3 aliphatic heterocycles. The van der Waals surface area contributed by atoms with Gasteiger partial charge in [-0.1, -0.05) is 6.08 Å². The van der Waals surface area contributed by atoms with Crippen molar-refractivity contribution < 1.29 is 9.47 Å². The normalized spacial score (nSPS) is 44.0. The first-order chi connectivity index (χ1) is 9.80. The maximum absolute atomic E-state index is 6.20. The van der Waals surface area contributed by atoms with Gasteiger partial charge in [-0.2, -0.15) is 5.10 Å². The highest BCUT2D eigenvalue weighted by Gasteiger charge is 2.56. The van der Waals surface area contributed by atoms with E-state index in [4.69, 9.17) is 14.6 Å². The molecule has 0 bridgehead atoms. The molecule has 0 amide bonds. The van der Waals surface area contributed by atoms with Crippen molar-refractivity contribution in [2.75, 3.05) is 32.9 Å². The lowest BCUT2D eigenvalue weighted by Gasteiger charge is -2.51. The number of nitrogens with zero attached hydrogens (tertiary/aromatic N) is 2. The summed E-state index contributed by atoms with van der Waals surface area (Å²) in [6.45, 7) is 6.44. The van der Waals surface area contributed by atoms with E-state index in [2.05, 4.69) is 29.4 Å². The lowest BCUT2D eigenvalue weighted by molar-refractivity contribution is -0.150. The van der Waals surface area contributed by atoms with Gasteiger partial charge in [-0.05, 0) is 25.8 Å². The third-order valence-electron chi connectivity index (χ3n) is 5.26. The van der Waals surface area contributed by atoms with Crippen LogP contribution in [0.25, 0.3) is 0 Å². The molecule has 0 saturated carbocycles. The fourth-order valence-corrected chi connectivity index (χ4v) is 4.23. The average molecular weight is 277 g/mol. The topological polar surface area (TPSA) is 46.1 Å². The molecule has 4 atom stereocenters. The van der Waals surface area contributed by atoms with Gasteiger partial charge in [-0.25, -0.2) is 0 Å². The van der Waals surface area contributed by atoms with E-state index in [0.717, 1.165) is 39.3 Å². The quantitative estimate of drug-likeness (QED) is 0.769. The summed E-state index contributed by atoms with van der Waals surface area (Å²) in [5.41, 5.74) is 1.21. The molecule has 2 fully saturated rings. The van der Waals surface area contributed by atoms with Crippen molar-refractivity contribution in [3.05, 3.63) is 12.2 Å². The number of morpholine rings is 2. The van der Waals surface area contributed by atoms with E-state index in [0.29, 0.717) is 5.92 Å². The van der Waals surface area contributed by atoms with Gasteiger partial charge in [0.25, 0.3) is 0 Å². The summed E-state index contributed by atoms with van der Waals surface area (Å²) in [5, 5.41) is 10.7. The van der Waals surface area contributed by atoms with Crippen LogP contribution in [-0.4, -0.2) is 61.3 Å². The predicted octanol–water partition coefficient (Wildman–Crippen LogP) is 0.770. The van der Waals surface area contributed by atoms with Crippen LogP contribution in [0.2, 0.25) is 0 Å². The van der Waals surface area contributed by atoms with Crippen LogP contribution >= 0.6 is 0 Å². The SMILES string of the molecule is CC12C3CCC=CC3=NN1CCO[C@H]2[C@@H]1COCCN1. The van der Waals surface area contributed by atoms with Crippen molar-refractivity contribution in [3.63, 3.8) is 0 Å². The zero-order valence-corrected chi connectivity index (χ0v) is 12.0. The van der Waals surface area contributed by atoms with Crippen LogP contribution in [0.4, 0.5) is 0 Å². The molecule has 4 aliphatic rings. The Morgan fingerprint density at radius 3 is 3.25 bits per heavy atom. The van der Waals surface area contributed by atoms with E-state index in [9.17, 15) is 0 Å². The second kappa shape index (κ2) is 4.83. The van der Waals surface area contributed by atoms with Gasteiger partial charge in [0.15, 0.2) is 0 Å². The van der Waals surface area contributed by atoms with Gasteiger partial charge in [-0.3, -0.25) is 5.01 Å². The molecule has 4 rings (SSSR count). The first-order valence-corrected chi connectivity index (χ1v) is 7.75. The maximum Gasteiger partial charge on any atom is 0.100 e.